The van der Waals surface area contributed by atoms with Gasteiger partial charge in [0.25, 0.3) is 0 Å². The Morgan fingerprint density at radius 3 is 2.74 bits per heavy atom. The smallest absolute Gasteiger partial charge is 0.230 e. The topological polar surface area (TPSA) is 69.7 Å². The molecule has 4 rings (SSSR count). The summed E-state index contributed by atoms with van der Waals surface area (Å²) < 4.78 is 0. The standard InChI is InChI=1S/C21H27N3O3/c1-3-13(2)22-20(26)16-11-19(25)24(12-16)17-6-7-18-15(10-17)8-9-23(18)21(27)14-4-5-14/h6-7,10,13-14,16H,3-5,8-9,11-12H2,1-2H3,(H,22,26)/t13-,16-/m1/s1. The highest BCUT2D eigenvalue weighted by atomic mass is 16.2. The second-order valence-corrected chi connectivity index (χ2v) is 8.05. The first-order valence-electron chi connectivity index (χ1n) is 10.0. The Balaban J connectivity index is 1.47. The molecular weight excluding hydrogens is 342 g/mol. The highest BCUT2D eigenvalue weighted by molar-refractivity contribution is 6.02. The van der Waals surface area contributed by atoms with Gasteiger partial charge in [0.2, 0.25) is 17.7 Å². The monoisotopic (exact) mass is 369 g/mol. The van der Waals surface area contributed by atoms with E-state index in [0.29, 0.717) is 6.54 Å². The molecule has 1 aliphatic carbocycles. The number of fused-ring (bicyclic) bond motifs is 1. The molecule has 1 saturated heterocycles. The van der Waals surface area contributed by atoms with Crippen LogP contribution in [0.3, 0.4) is 0 Å². The Bertz CT molecular complexity index is 787. The van der Waals surface area contributed by atoms with Gasteiger partial charge in [-0.3, -0.25) is 14.4 Å². The van der Waals surface area contributed by atoms with Gasteiger partial charge in [-0.05, 0) is 56.4 Å². The summed E-state index contributed by atoms with van der Waals surface area (Å²) in [5.74, 6) is 0.0968. The van der Waals surface area contributed by atoms with E-state index in [-0.39, 0.29) is 42.0 Å². The summed E-state index contributed by atoms with van der Waals surface area (Å²) in [6.07, 6.45) is 3.96. The highest BCUT2D eigenvalue weighted by Gasteiger charge is 2.38. The fourth-order valence-corrected chi connectivity index (χ4v) is 3.93. The minimum absolute atomic E-state index is 0.0110. The van der Waals surface area contributed by atoms with Gasteiger partial charge in [-0.15, -0.1) is 0 Å². The number of rotatable bonds is 5. The average molecular weight is 369 g/mol. The second kappa shape index (κ2) is 6.98. The lowest BCUT2D eigenvalue weighted by molar-refractivity contribution is -0.126. The Kier molecular flexibility index (Phi) is 4.66. The number of amides is 3. The summed E-state index contributed by atoms with van der Waals surface area (Å²) in [4.78, 5) is 40.9. The minimum Gasteiger partial charge on any atom is -0.353 e. The van der Waals surface area contributed by atoms with Crippen molar-refractivity contribution in [3.63, 3.8) is 0 Å². The highest BCUT2D eigenvalue weighted by Crippen LogP contribution is 2.38. The van der Waals surface area contributed by atoms with Gasteiger partial charge in [0.1, 0.15) is 0 Å². The normalized spacial score (nSPS) is 22.7. The molecule has 1 saturated carbocycles. The van der Waals surface area contributed by atoms with Crippen LogP contribution in [-0.4, -0.2) is 36.9 Å². The van der Waals surface area contributed by atoms with Crippen molar-refractivity contribution in [2.75, 3.05) is 22.9 Å². The average Bonchev–Trinajstić information content (AvgIpc) is 3.31. The van der Waals surface area contributed by atoms with Crippen LogP contribution in [0.4, 0.5) is 11.4 Å². The first-order chi connectivity index (χ1) is 13.0. The van der Waals surface area contributed by atoms with Gasteiger partial charge in [0.15, 0.2) is 0 Å². The van der Waals surface area contributed by atoms with Crippen molar-refractivity contribution in [2.24, 2.45) is 11.8 Å². The number of nitrogens with zero attached hydrogens (tertiary/aromatic N) is 2. The van der Waals surface area contributed by atoms with Gasteiger partial charge < -0.3 is 15.1 Å². The van der Waals surface area contributed by atoms with Crippen molar-refractivity contribution in [1.29, 1.82) is 0 Å². The van der Waals surface area contributed by atoms with Crippen LogP contribution in [0.15, 0.2) is 18.2 Å². The predicted octanol–water partition coefficient (Wildman–Crippen LogP) is 2.25. The van der Waals surface area contributed by atoms with Crippen LogP contribution in [0, 0.1) is 11.8 Å². The maximum absolute atomic E-state index is 12.5. The number of nitrogens with one attached hydrogen (secondary N) is 1. The molecule has 2 aliphatic heterocycles. The van der Waals surface area contributed by atoms with Crippen LogP contribution in [0.5, 0.6) is 0 Å². The number of hydrogen-bond acceptors (Lipinski definition) is 3. The zero-order valence-corrected chi connectivity index (χ0v) is 16.0. The Morgan fingerprint density at radius 1 is 1.26 bits per heavy atom. The van der Waals surface area contributed by atoms with Crippen molar-refractivity contribution in [1.82, 2.24) is 5.32 Å². The minimum atomic E-state index is -0.298. The van der Waals surface area contributed by atoms with Crippen LogP contribution in [0.1, 0.15) is 45.1 Å². The molecule has 144 valence electrons. The number of carbonyl (C=O) groups is 3. The SMILES string of the molecule is CC[C@@H](C)NC(=O)[C@@H]1CC(=O)N(c2ccc3c(c2)CCN3C(=O)C2CC2)C1. The second-order valence-electron chi connectivity index (χ2n) is 8.05. The van der Waals surface area contributed by atoms with E-state index in [4.69, 9.17) is 0 Å². The van der Waals surface area contributed by atoms with Crippen LogP contribution in [0.2, 0.25) is 0 Å². The van der Waals surface area contributed by atoms with Gasteiger partial charge in [-0.1, -0.05) is 6.92 Å². The third kappa shape index (κ3) is 3.45. The molecule has 6 heteroatoms. The number of hydrogen-bond donors (Lipinski definition) is 1. The molecule has 0 bridgehead atoms. The van der Waals surface area contributed by atoms with E-state index in [2.05, 4.69) is 5.32 Å². The Morgan fingerprint density at radius 2 is 2.04 bits per heavy atom. The molecule has 1 aromatic carbocycles. The Hall–Kier alpha value is -2.37. The van der Waals surface area contributed by atoms with E-state index in [1.54, 1.807) is 4.90 Å². The van der Waals surface area contributed by atoms with Crippen LogP contribution < -0.4 is 15.1 Å². The largest absolute Gasteiger partial charge is 0.353 e. The first-order valence-corrected chi connectivity index (χ1v) is 10.0. The summed E-state index contributed by atoms with van der Waals surface area (Å²) in [6.45, 7) is 5.15. The van der Waals surface area contributed by atoms with E-state index in [9.17, 15) is 14.4 Å². The van der Waals surface area contributed by atoms with Crippen molar-refractivity contribution < 1.29 is 14.4 Å². The zero-order valence-electron chi connectivity index (χ0n) is 16.0. The van der Waals surface area contributed by atoms with Crippen LogP contribution in [0.25, 0.3) is 0 Å². The van der Waals surface area contributed by atoms with E-state index < -0.39 is 0 Å². The van der Waals surface area contributed by atoms with Crippen LogP contribution >= 0.6 is 0 Å². The van der Waals surface area contributed by atoms with Crippen LogP contribution in [-0.2, 0) is 20.8 Å². The maximum Gasteiger partial charge on any atom is 0.230 e. The predicted molar refractivity (Wildman–Crippen MR) is 104 cm³/mol. The molecule has 1 aromatic rings. The molecule has 0 aromatic heterocycles. The zero-order chi connectivity index (χ0) is 19.1. The lowest BCUT2D eigenvalue weighted by atomic mass is 10.1. The molecule has 1 N–H and O–H groups in total. The van der Waals surface area contributed by atoms with Crippen molar-refractivity contribution in [3.8, 4) is 0 Å². The third-order valence-corrected chi connectivity index (χ3v) is 5.96. The lowest BCUT2D eigenvalue weighted by Gasteiger charge is -2.20. The maximum atomic E-state index is 12.5. The molecule has 6 nitrogen and oxygen atoms in total. The number of carbonyl (C=O) groups excluding carboxylic acids is 3. The van der Waals surface area contributed by atoms with Gasteiger partial charge in [-0.25, -0.2) is 0 Å². The molecular formula is C21H27N3O3. The molecule has 2 heterocycles. The Labute approximate surface area is 159 Å². The van der Waals surface area contributed by atoms with Crippen molar-refractivity contribution in [2.45, 2.75) is 52.0 Å². The summed E-state index contributed by atoms with van der Waals surface area (Å²) in [7, 11) is 0. The molecule has 0 radical (unpaired) electrons. The van der Waals surface area contributed by atoms with Gasteiger partial charge in [0, 0.05) is 42.8 Å². The molecule has 0 unspecified atom stereocenters. The summed E-state index contributed by atoms with van der Waals surface area (Å²) in [5.41, 5.74) is 2.92. The van der Waals surface area contributed by atoms with Gasteiger partial charge >= 0.3 is 0 Å². The van der Waals surface area contributed by atoms with Gasteiger partial charge in [-0.2, -0.15) is 0 Å². The fraction of sp³-hybridized carbons (Fsp3) is 0.571. The summed E-state index contributed by atoms with van der Waals surface area (Å²) in [5, 5.41) is 2.98. The van der Waals surface area contributed by atoms with Crippen molar-refractivity contribution >= 4 is 29.1 Å². The molecule has 0 spiro atoms. The molecule has 2 atom stereocenters. The van der Waals surface area contributed by atoms with E-state index in [1.165, 1.54) is 0 Å². The molecule has 3 amide bonds. The van der Waals surface area contributed by atoms with E-state index in [1.807, 2.05) is 36.9 Å². The summed E-state index contributed by atoms with van der Waals surface area (Å²) >= 11 is 0. The lowest BCUT2D eigenvalue weighted by Crippen LogP contribution is -2.38. The first kappa shape index (κ1) is 18.0. The number of anilines is 2. The van der Waals surface area contributed by atoms with E-state index in [0.717, 1.165) is 49.2 Å². The van der Waals surface area contributed by atoms with Crippen molar-refractivity contribution in [3.05, 3.63) is 23.8 Å². The quantitative estimate of drug-likeness (QED) is 0.865. The van der Waals surface area contributed by atoms with E-state index >= 15 is 0 Å². The summed E-state index contributed by atoms with van der Waals surface area (Å²) in [6, 6.07) is 6.00. The van der Waals surface area contributed by atoms with Gasteiger partial charge in [0.05, 0.1) is 5.92 Å². The molecule has 2 fully saturated rings. The third-order valence-electron chi connectivity index (χ3n) is 5.96. The molecule has 3 aliphatic rings. The fourth-order valence-electron chi connectivity index (χ4n) is 3.93. The number of benzene rings is 1. The molecule has 27 heavy (non-hydrogen) atoms.